The first-order chi connectivity index (χ1) is 14.5. The Balaban J connectivity index is 1.44. The number of anilines is 1. The summed E-state index contributed by atoms with van der Waals surface area (Å²) in [5.74, 6) is -0.656. The molecule has 9 heteroatoms. The molecule has 1 aliphatic rings. The van der Waals surface area contributed by atoms with Crippen LogP contribution >= 0.6 is 11.6 Å². The van der Waals surface area contributed by atoms with E-state index in [1.807, 2.05) is 23.1 Å². The van der Waals surface area contributed by atoms with Crippen LogP contribution in [0.4, 0.5) is 14.5 Å². The summed E-state index contributed by atoms with van der Waals surface area (Å²) in [5.41, 5.74) is -0.301. The molecular weight excluding hydrogens is 414 g/mol. The van der Waals surface area contributed by atoms with Crippen LogP contribution in [-0.2, 0) is 0 Å². The minimum Gasteiger partial charge on any atom is -0.477 e. The number of aromatic nitrogens is 3. The summed E-state index contributed by atoms with van der Waals surface area (Å²) in [4.78, 5) is 18.8. The average Bonchev–Trinajstić information content (AvgIpc) is 2.76. The highest BCUT2D eigenvalue weighted by Crippen LogP contribution is 2.27. The van der Waals surface area contributed by atoms with Crippen molar-refractivity contribution in [3.05, 3.63) is 75.8 Å². The number of hydrogen-bond acceptors (Lipinski definition) is 5. The molecule has 0 N–H and O–H groups in total. The Morgan fingerprint density at radius 2 is 1.93 bits per heavy atom. The number of benzene rings is 1. The smallest absolute Gasteiger partial charge is 0.292 e. The number of nitrogens with zero attached hydrogens (tertiary/aromatic N) is 4. The Kier molecular flexibility index (Phi) is 5.94. The monoisotopic (exact) mass is 432 g/mol. The highest BCUT2D eigenvalue weighted by molar-refractivity contribution is 6.33. The molecule has 3 aromatic rings. The van der Waals surface area contributed by atoms with Gasteiger partial charge in [-0.2, -0.15) is 9.78 Å². The van der Waals surface area contributed by atoms with Crippen LogP contribution in [0.2, 0.25) is 5.02 Å². The van der Waals surface area contributed by atoms with E-state index in [0.29, 0.717) is 43.2 Å². The van der Waals surface area contributed by atoms with Crippen LogP contribution in [0.25, 0.3) is 5.69 Å². The number of halogens is 3. The van der Waals surface area contributed by atoms with Crippen molar-refractivity contribution in [2.24, 2.45) is 5.92 Å². The summed E-state index contributed by atoms with van der Waals surface area (Å²) in [5, 5.41) is 4.01. The van der Waals surface area contributed by atoms with Crippen LogP contribution in [0.3, 0.4) is 0 Å². The second-order valence-corrected chi connectivity index (χ2v) is 7.44. The van der Waals surface area contributed by atoms with E-state index in [0.717, 1.165) is 29.7 Å². The quantitative estimate of drug-likeness (QED) is 0.612. The van der Waals surface area contributed by atoms with Gasteiger partial charge in [-0.05, 0) is 37.0 Å². The van der Waals surface area contributed by atoms with Crippen molar-refractivity contribution in [1.82, 2.24) is 14.8 Å². The Morgan fingerprint density at radius 1 is 1.13 bits per heavy atom. The van der Waals surface area contributed by atoms with Crippen molar-refractivity contribution in [2.75, 3.05) is 24.6 Å². The lowest BCUT2D eigenvalue weighted by Crippen LogP contribution is -2.37. The Bertz CT molecular complexity index is 1090. The van der Waals surface area contributed by atoms with Crippen LogP contribution in [-0.4, -0.2) is 34.5 Å². The van der Waals surface area contributed by atoms with Gasteiger partial charge in [0, 0.05) is 31.4 Å². The largest absolute Gasteiger partial charge is 0.477 e. The van der Waals surface area contributed by atoms with Gasteiger partial charge in [0.2, 0.25) is 5.88 Å². The normalized spacial score (nSPS) is 14.7. The number of pyridine rings is 1. The molecule has 1 fully saturated rings. The van der Waals surface area contributed by atoms with E-state index >= 15 is 0 Å². The molecule has 3 heterocycles. The van der Waals surface area contributed by atoms with Crippen LogP contribution < -0.4 is 15.2 Å². The number of ether oxygens (including phenoxy) is 1. The second kappa shape index (κ2) is 8.79. The van der Waals surface area contributed by atoms with E-state index < -0.39 is 17.2 Å². The maximum absolute atomic E-state index is 14.0. The number of rotatable bonds is 5. The van der Waals surface area contributed by atoms with Gasteiger partial charge in [-0.15, -0.1) is 0 Å². The molecule has 156 valence electrons. The topological polar surface area (TPSA) is 60.3 Å². The molecule has 1 aliphatic heterocycles. The Hall–Kier alpha value is -3.00. The fraction of sp³-hybridized carbons (Fsp3) is 0.286. The third kappa shape index (κ3) is 4.28. The van der Waals surface area contributed by atoms with Crippen LogP contribution in [0, 0.1) is 17.6 Å². The summed E-state index contributed by atoms with van der Waals surface area (Å²) in [6.45, 7) is 1.94. The molecule has 0 spiro atoms. The molecular formula is C21H19ClF2N4O2. The molecule has 0 aliphatic carbocycles. The summed E-state index contributed by atoms with van der Waals surface area (Å²) < 4.78 is 33.7. The number of piperidine rings is 1. The minimum absolute atomic E-state index is 0.0445. The van der Waals surface area contributed by atoms with E-state index in [9.17, 15) is 13.6 Å². The zero-order valence-electron chi connectivity index (χ0n) is 16.0. The molecule has 1 saturated heterocycles. The van der Waals surface area contributed by atoms with Gasteiger partial charge in [0.15, 0.2) is 5.82 Å². The average molecular weight is 433 g/mol. The van der Waals surface area contributed by atoms with Gasteiger partial charge in [-0.1, -0.05) is 17.7 Å². The molecule has 0 saturated carbocycles. The molecule has 0 bridgehead atoms. The van der Waals surface area contributed by atoms with Crippen molar-refractivity contribution in [3.8, 4) is 11.6 Å². The predicted molar refractivity (Wildman–Crippen MR) is 109 cm³/mol. The lowest BCUT2D eigenvalue weighted by molar-refractivity contribution is 0.216. The molecule has 0 radical (unpaired) electrons. The zero-order valence-corrected chi connectivity index (χ0v) is 16.7. The van der Waals surface area contributed by atoms with E-state index in [1.165, 1.54) is 6.20 Å². The van der Waals surface area contributed by atoms with Crippen LogP contribution in [0.1, 0.15) is 12.8 Å². The second-order valence-electron chi connectivity index (χ2n) is 7.07. The van der Waals surface area contributed by atoms with Crippen molar-refractivity contribution in [1.29, 1.82) is 0 Å². The molecule has 1 aromatic carbocycles. The van der Waals surface area contributed by atoms with Gasteiger partial charge in [-0.3, -0.25) is 4.79 Å². The third-order valence-corrected chi connectivity index (χ3v) is 5.45. The lowest BCUT2D eigenvalue weighted by atomic mass is 9.97. The Labute approximate surface area is 176 Å². The van der Waals surface area contributed by atoms with Gasteiger partial charge in [0.25, 0.3) is 5.56 Å². The molecule has 6 nitrogen and oxygen atoms in total. The first kappa shape index (κ1) is 20.3. The predicted octanol–water partition coefficient (Wildman–Crippen LogP) is 3.85. The maximum atomic E-state index is 14.0. The highest BCUT2D eigenvalue weighted by Gasteiger charge is 2.24. The van der Waals surface area contributed by atoms with E-state index in [-0.39, 0.29) is 10.7 Å². The lowest BCUT2D eigenvalue weighted by Gasteiger charge is -2.33. The molecule has 4 rings (SSSR count). The molecule has 0 unspecified atom stereocenters. The third-order valence-electron chi connectivity index (χ3n) is 5.10. The maximum Gasteiger partial charge on any atom is 0.292 e. The van der Waals surface area contributed by atoms with Crippen LogP contribution in [0.5, 0.6) is 5.88 Å². The van der Waals surface area contributed by atoms with Crippen molar-refractivity contribution < 1.29 is 13.5 Å². The van der Waals surface area contributed by atoms with Gasteiger partial charge in [0.1, 0.15) is 16.5 Å². The highest BCUT2D eigenvalue weighted by atomic mass is 35.5. The minimum atomic E-state index is -0.887. The summed E-state index contributed by atoms with van der Waals surface area (Å²) in [7, 11) is 0. The van der Waals surface area contributed by atoms with E-state index in [1.54, 1.807) is 6.20 Å². The molecule has 0 atom stereocenters. The molecule has 30 heavy (non-hydrogen) atoms. The van der Waals surface area contributed by atoms with Gasteiger partial charge in [-0.25, -0.2) is 13.8 Å². The van der Waals surface area contributed by atoms with Gasteiger partial charge in [0.05, 0.1) is 18.5 Å². The first-order valence-corrected chi connectivity index (χ1v) is 9.93. The first-order valence-electron chi connectivity index (χ1n) is 9.55. The fourth-order valence-electron chi connectivity index (χ4n) is 3.45. The molecule has 0 amide bonds. The SMILES string of the molecule is O=c1c(Cl)c(N2CCC(COc3ccccn3)CC2)cnn1-c1ccc(F)cc1F. The summed E-state index contributed by atoms with van der Waals surface area (Å²) in [6, 6.07) is 8.44. The van der Waals surface area contributed by atoms with Gasteiger partial charge >= 0.3 is 0 Å². The van der Waals surface area contributed by atoms with Gasteiger partial charge < -0.3 is 9.64 Å². The molecule has 2 aromatic heterocycles. The van der Waals surface area contributed by atoms with E-state index in [4.69, 9.17) is 16.3 Å². The van der Waals surface area contributed by atoms with E-state index in [2.05, 4.69) is 10.1 Å². The summed E-state index contributed by atoms with van der Waals surface area (Å²) in [6.07, 6.45) is 4.85. The van der Waals surface area contributed by atoms with Crippen LogP contribution in [0.15, 0.2) is 53.6 Å². The summed E-state index contributed by atoms with van der Waals surface area (Å²) >= 11 is 6.30. The standard InChI is InChI=1S/C21H19ClF2N4O2/c22-20-18(12-26-28(21(20)29)17-5-4-15(23)11-16(17)24)27-9-6-14(7-10-27)13-30-19-3-1-2-8-25-19/h1-5,8,11-12,14H,6-7,9-10,13H2. The van der Waals surface area contributed by atoms with Crippen molar-refractivity contribution >= 4 is 17.3 Å². The van der Waals surface area contributed by atoms with Crippen molar-refractivity contribution in [2.45, 2.75) is 12.8 Å². The van der Waals surface area contributed by atoms with Crippen molar-refractivity contribution in [3.63, 3.8) is 0 Å². The Morgan fingerprint density at radius 3 is 2.63 bits per heavy atom. The fourth-order valence-corrected chi connectivity index (χ4v) is 3.69. The zero-order chi connectivity index (χ0) is 21.1. The number of hydrogen-bond donors (Lipinski definition) is 0.